The zero-order chi connectivity index (χ0) is 5.15. The van der Waals surface area contributed by atoms with Crippen LogP contribution in [0.25, 0.3) is 0 Å². The van der Waals surface area contributed by atoms with Gasteiger partial charge in [-0.15, -0.1) is 0 Å². The molecule has 0 saturated heterocycles. The van der Waals surface area contributed by atoms with Crippen molar-refractivity contribution in [3.05, 3.63) is 0 Å². The van der Waals surface area contributed by atoms with Crippen LogP contribution in [0.5, 0.6) is 0 Å². The van der Waals surface area contributed by atoms with E-state index in [0.29, 0.717) is 0 Å². The molecule has 6 heteroatoms. The van der Waals surface area contributed by atoms with Crippen molar-refractivity contribution in [3.8, 4) is 0 Å². The zero-order valence-corrected chi connectivity index (χ0v) is 7.69. The second-order valence-corrected chi connectivity index (χ2v) is 0.575. The van der Waals surface area contributed by atoms with Gasteiger partial charge >= 0.3 is 26.2 Å². The summed E-state index contributed by atoms with van der Waals surface area (Å²) in [7, 11) is 0. The van der Waals surface area contributed by atoms with Gasteiger partial charge in [-0.05, 0) is 0 Å². The Labute approximate surface area is 70.4 Å². The Bertz CT molecular complexity index is 80.0. The van der Waals surface area contributed by atoms with Crippen molar-refractivity contribution in [1.82, 2.24) is 0 Å². The van der Waals surface area contributed by atoms with Crippen molar-refractivity contribution in [3.63, 3.8) is 0 Å². The molecule has 44 valence electrons. The summed E-state index contributed by atoms with van der Waals surface area (Å²) in [4.78, 5) is 17.9. The molecule has 0 aromatic rings. The second kappa shape index (κ2) is 7.11. The van der Waals surface area contributed by atoms with E-state index in [0.717, 1.165) is 0 Å². The molecule has 8 heavy (non-hydrogen) atoms. The van der Waals surface area contributed by atoms with Crippen LogP contribution in [0.1, 0.15) is 0 Å². The molecule has 0 bridgehead atoms. The molecule has 0 aliphatic carbocycles. The van der Waals surface area contributed by atoms with Crippen LogP contribution in [0, 0.1) is 0 Å². The van der Waals surface area contributed by atoms with E-state index in [2.05, 4.69) is 0 Å². The number of carbonyl (C=O) groups is 2. The van der Waals surface area contributed by atoms with Gasteiger partial charge in [0.2, 0.25) is 0 Å². The fourth-order valence-corrected chi connectivity index (χ4v) is 0. The first kappa shape index (κ1) is 15.7. The largest absolute Gasteiger partial charge is 3.00 e. The van der Waals surface area contributed by atoms with E-state index in [4.69, 9.17) is 19.8 Å². The van der Waals surface area contributed by atoms with Gasteiger partial charge in [0, 0.05) is 0 Å². The number of carboxylic acids is 2. The third-order valence-electron chi connectivity index (χ3n) is 0.167. The van der Waals surface area contributed by atoms with Gasteiger partial charge in [-0.2, -0.15) is 0 Å². The fourth-order valence-electron chi connectivity index (χ4n) is 0. The number of hydrogen-bond donors (Lipinski definition) is 0. The molecular formula is C2BiClO4. The maximum absolute atomic E-state index is 8.93. The molecule has 0 unspecified atom stereocenters. The molecule has 2 radical (unpaired) electrons. The molecule has 0 aromatic heterocycles. The van der Waals surface area contributed by atoms with Crippen molar-refractivity contribution in [2.45, 2.75) is 0 Å². The SMILES string of the molecule is O=C([O-])C(=O)[O-].[Bi+3].[Cl-]. The summed E-state index contributed by atoms with van der Waals surface area (Å²) in [6.07, 6.45) is 0. The number of hydrogen-bond acceptors (Lipinski definition) is 4. The van der Waals surface area contributed by atoms with E-state index in [1.165, 1.54) is 0 Å². The van der Waals surface area contributed by atoms with E-state index < -0.39 is 11.9 Å². The van der Waals surface area contributed by atoms with Gasteiger partial charge in [0.15, 0.2) is 0 Å². The minimum Gasteiger partial charge on any atom is -1.00 e. The monoisotopic (exact) mass is 332 g/mol. The number of aliphatic carboxylic acids is 2. The predicted octanol–water partition coefficient (Wildman–Crippen LogP) is -6.89. The number of halogens is 1. The number of rotatable bonds is 0. The van der Waals surface area contributed by atoms with Crippen molar-refractivity contribution < 1.29 is 32.2 Å². The maximum Gasteiger partial charge on any atom is 3.00 e. The molecule has 0 fully saturated rings. The Morgan fingerprint density at radius 2 is 1.12 bits per heavy atom. The van der Waals surface area contributed by atoms with Gasteiger partial charge in [0.1, 0.15) is 0 Å². The first-order valence-electron chi connectivity index (χ1n) is 1.07. The van der Waals surface area contributed by atoms with Crippen LogP contribution in [0.15, 0.2) is 0 Å². The van der Waals surface area contributed by atoms with E-state index in [1.54, 1.807) is 0 Å². The van der Waals surface area contributed by atoms with Crippen LogP contribution in [-0.4, -0.2) is 38.1 Å². The molecular weight excluding hydrogens is 332 g/mol. The quantitative estimate of drug-likeness (QED) is 0.326. The minimum atomic E-state index is -2.19. The third-order valence-corrected chi connectivity index (χ3v) is 0.167. The Morgan fingerprint density at radius 1 is 1.00 bits per heavy atom. The summed E-state index contributed by atoms with van der Waals surface area (Å²) in [5.74, 6) is -4.37. The maximum atomic E-state index is 8.93. The number of carbonyl (C=O) groups excluding carboxylic acids is 2. The average Bonchev–Trinajstić information content (AvgIpc) is 1.36. The molecule has 0 aliphatic heterocycles. The molecule has 0 spiro atoms. The molecule has 0 aliphatic rings. The summed E-state index contributed by atoms with van der Waals surface area (Å²) in [5.41, 5.74) is 0. The van der Waals surface area contributed by atoms with Gasteiger partial charge < -0.3 is 32.2 Å². The average molecular weight is 332 g/mol. The van der Waals surface area contributed by atoms with Crippen molar-refractivity contribution in [1.29, 1.82) is 0 Å². The molecule has 0 amide bonds. The Balaban J connectivity index is -0.000000125. The summed E-state index contributed by atoms with van der Waals surface area (Å²) in [6.45, 7) is 0. The normalized spacial score (nSPS) is 5.50. The summed E-state index contributed by atoms with van der Waals surface area (Å²) in [6, 6.07) is 0. The molecule has 0 atom stereocenters. The summed E-state index contributed by atoms with van der Waals surface area (Å²) < 4.78 is 0. The fraction of sp³-hybridized carbons (Fsp3) is 0. The van der Waals surface area contributed by atoms with E-state index in [9.17, 15) is 0 Å². The van der Waals surface area contributed by atoms with Gasteiger partial charge in [-0.1, -0.05) is 0 Å². The van der Waals surface area contributed by atoms with Crippen molar-refractivity contribution in [2.24, 2.45) is 0 Å². The standard InChI is InChI=1S/C2H2O4.Bi.ClH/c3-1(4)2(5)6;;/h(H,3,4)(H,5,6);;1H/q;+3;/p-3. The van der Waals surface area contributed by atoms with E-state index in [-0.39, 0.29) is 38.6 Å². The van der Waals surface area contributed by atoms with Crippen LogP contribution in [-0.2, 0) is 9.59 Å². The molecule has 0 rings (SSSR count). The van der Waals surface area contributed by atoms with Crippen molar-refractivity contribution in [2.75, 3.05) is 0 Å². The van der Waals surface area contributed by atoms with Gasteiger partial charge in [-0.25, -0.2) is 0 Å². The first-order chi connectivity index (χ1) is 2.64. The minimum absolute atomic E-state index is 0. The topological polar surface area (TPSA) is 80.3 Å². The van der Waals surface area contributed by atoms with Gasteiger partial charge in [-0.3, -0.25) is 0 Å². The summed E-state index contributed by atoms with van der Waals surface area (Å²) >= 11 is 0. The van der Waals surface area contributed by atoms with Gasteiger partial charge in [0.25, 0.3) is 0 Å². The van der Waals surface area contributed by atoms with Gasteiger partial charge in [0.05, 0.1) is 11.9 Å². The molecule has 0 N–H and O–H groups in total. The first-order valence-corrected chi connectivity index (χ1v) is 1.07. The molecule has 0 heterocycles. The predicted molar refractivity (Wildman–Crippen MR) is 15.8 cm³/mol. The molecule has 0 saturated carbocycles. The van der Waals surface area contributed by atoms with E-state index >= 15 is 0 Å². The smallest absolute Gasteiger partial charge is 1.00 e. The molecule has 0 aromatic carbocycles. The van der Waals surface area contributed by atoms with Crippen LogP contribution < -0.4 is 22.6 Å². The summed E-state index contributed by atoms with van der Waals surface area (Å²) in [5, 5.41) is 17.9. The Kier molecular flexibility index (Phi) is 14.0. The number of carboxylic acid groups (broad SMARTS) is 2. The van der Waals surface area contributed by atoms with Crippen LogP contribution in [0.2, 0.25) is 0 Å². The third kappa shape index (κ3) is 9.45. The molecule has 4 nitrogen and oxygen atoms in total. The van der Waals surface area contributed by atoms with Crippen LogP contribution in [0.4, 0.5) is 0 Å². The zero-order valence-electron chi connectivity index (χ0n) is 3.46. The Morgan fingerprint density at radius 3 is 1.12 bits per heavy atom. The van der Waals surface area contributed by atoms with Crippen molar-refractivity contribution >= 4 is 38.1 Å². The van der Waals surface area contributed by atoms with Crippen LogP contribution in [0.3, 0.4) is 0 Å². The van der Waals surface area contributed by atoms with E-state index in [1.807, 2.05) is 0 Å². The second-order valence-electron chi connectivity index (χ2n) is 0.575. The Hall–Kier alpha value is 0.113. The van der Waals surface area contributed by atoms with Crippen LogP contribution >= 0.6 is 0 Å².